The molecule has 0 N–H and O–H groups in total. The summed E-state index contributed by atoms with van der Waals surface area (Å²) in [6.45, 7) is 4.04. The fourth-order valence-corrected chi connectivity index (χ4v) is 3.28. The summed E-state index contributed by atoms with van der Waals surface area (Å²) in [5, 5.41) is 1.02. The number of anilines is 1. The molecule has 7 heteroatoms. The molecule has 1 aliphatic heterocycles. The Balaban J connectivity index is 2.03. The van der Waals surface area contributed by atoms with Crippen LogP contribution in [0.1, 0.15) is 18.5 Å². The lowest BCUT2D eigenvalue weighted by Gasteiger charge is -2.20. The predicted molar refractivity (Wildman–Crippen MR) is 91.2 cm³/mol. The van der Waals surface area contributed by atoms with Gasteiger partial charge in [-0.1, -0.05) is 0 Å². The van der Waals surface area contributed by atoms with Crippen molar-refractivity contribution < 1.29 is 12.6 Å². The molecule has 0 spiro atoms. The van der Waals surface area contributed by atoms with Crippen molar-refractivity contribution in [2.75, 3.05) is 32.1 Å². The molecule has 0 saturated carbocycles. The monoisotopic (exact) mass is 335 g/mol. The van der Waals surface area contributed by atoms with Gasteiger partial charge in [0, 0.05) is 50.0 Å². The molecular formula is C16H21N3O3S. The van der Waals surface area contributed by atoms with Gasteiger partial charge in [0.2, 0.25) is 0 Å². The minimum atomic E-state index is -3.76. The van der Waals surface area contributed by atoms with Gasteiger partial charge in [-0.15, -0.1) is 0 Å². The number of hydrogen-bond acceptors (Lipinski definition) is 5. The molecule has 0 bridgehead atoms. The van der Waals surface area contributed by atoms with Crippen molar-refractivity contribution in [2.24, 2.45) is 0 Å². The maximum absolute atomic E-state index is 11.9. The number of rotatable bonds is 4. The summed E-state index contributed by atoms with van der Waals surface area (Å²) >= 11 is 0. The second-order valence-electron chi connectivity index (χ2n) is 5.98. The van der Waals surface area contributed by atoms with Gasteiger partial charge >= 0.3 is 10.3 Å². The average Bonchev–Trinajstić information content (AvgIpc) is 2.99. The largest absolute Gasteiger partial charge is 0.384 e. The lowest BCUT2D eigenvalue weighted by atomic mass is 10.1. The Labute approximate surface area is 136 Å². The van der Waals surface area contributed by atoms with Crippen molar-refractivity contribution in [1.29, 1.82) is 0 Å². The Morgan fingerprint density at radius 1 is 1.17 bits per heavy atom. The maximum atomic E-state index is 11.9. The van der Waals surface area contributed by atoms with E-state index in [1.807, 2.05) is 13.0 Å². The van der Waals surface area contributed by atoms with Gasteiger partial charge < -0.3 is 9.08 Å². The van der Waals surface area contributed by atoms with Crippen molar-refractivity contribution in [2.45, 2.75) is 19.8 Å². The second kappa shape index (κ2) is 5.98. The van der Waals surface area contributed by atoms with Crippen molar-refractivity contribution in [3.8, 4) is 5.75 Å². The molecule has 0 unspecified atom stereocenters. The van der Waals surface area contributed by atoms with Crippen molar-refractivity contribution in [3.05, 3.63) is 30.0 Å². The zero-order chi connectivity index (χ0) is 16.6. The van der Waals surface area contributed by atoms with E-state index in [-0.39, 0.29) is 5.75 Å². The highest BCUT2D eigenvalue weighted by Gasteiger charge is 2.19. The topological polar surface area (TPSA) is 62.7 Å². The Hall–Kier alpha value is -1.86. The van der Waals surface area contributed by atoms with Gasteiger partial charge in [-0.05, 0) is 38.0 Å². The van der Waals surface area contributed by atoms with Gasteiger partial charge in [-0.3, -0.25) is 4.98 Å². The molecule has 1 fully saturated rings. The SMILES string of the molecule is Cc1cc(N2CCCC2)c2ccc(OS(=O)(=O)N(C)C)cc2n1. The molecule has 1 saturated heterocycles. The Morgan fingerprint density at radius 3 is 2.52 bits per heavy atom. The van der Waals surface area contributed by atoms with Crippen molar-refractivity contribution in [1.82, 2.24) is 9.29 Å². The van der Waals surface area contributed by atoms with Gasteiger partial charge in [-0.2, -0.15) is 12.7 Å². The van der Waals surface area contributed by atoms with Crippen LogP contribution in [0.15, 0.2) is 24.3 Å². The van der Waals surface area contributed by atoms with Crippen molar-refractivity contribution >= 4 is 26.9 Å². The quantitative estimate of drug-likeness (QED) is 0.858. The van der Waals surface area contributed by atoms with Crippen LogP contribution in [0.4, 0.5) is 5.69 Å². The summed E-state index contributed by atoms with van der Waals surface area (Å²) in [5.41, 5.74) is 2.82. The summed E-state index contributed by atoms with van der Waals surface area (Å²) in [7, 11) is -0.891. The first-order chi connectivity index (χ1) is 10.9. The van der Waals surface area contributed by atoms with Crippen LogP contribution in [0.25, 0.3) is 10.9 Å². The van der Waals surface area contributed by atoms with E-state index in [0.717, 1.165) is 39.7 Å². The molecule has 1 aromatic carbocycles. The summed E-state index contributed by atoms with van der Waals surface area (Å²) in [5.74, 6) is 0.275. The number of fused-ring (bicyclic) bond motifs is 1. The number of pyridine rings is 1. The van der Waals surface area contributed by atoms with E-state index in [9.17, 15) is 8.42 Å². The van der Waals surface area contributed by atoms with Crippen LogP contribution in [0, 0.1) is 6.92 Å². The van der Waals surface area contributed by atoms with Crippen LogP contribution in [0.2, 0.25) is 0 Å². The summed E-state index contributed by atoms with van der Waals surface area (Å²) in [6.07, 6.45) is 2.40. The van der Waals surface area contributed by atoms with Gasteiger partial charge in [0.1, 0.15) is 5.75 Å². The van der Waals surface area contributed by atoms with Crippen LogP contribution < -0.4 is 9.08 Å². The number of nitrogens with zero attached hydrogens (tertiary/aromatic N) is 3. The number of hydrogen-bond donors (Lipinski definition) is 0. The molecule has 23 heavy (non-hydrogen) atoms. The zero-order valence-electron chi connectivity index (χ0n) is 13.6. The number of aryl methyl sites for hydroxylation is 1. The highest BCUT2D eigenvalue weighted by Crippen LogP contribution is 2.31. The number of aromatic nitrogens is 1. The zero-order valence-corrected chi connectivity index (χ0v) is 14.4. The summed E-state index contributed by atoms with van der Waals surface area (Å²) in [6, 6.07) is 7.34. The molecule has 1 aliphatic rings. The normalized spacial score (nSPS) is 15.6. The highest BCUT2D eigenvalue weighted by molar-refractivity contribution is 7.84. The van der Waals surface area contributed by atoms with E-state index in [1.54, 1.807) is 12.1 Å². The molecule has 2 heterocycles. The Bertz CT molecular complexity index is 828. The molecule has 3 rings (SSSR count). The number of benzene rings is 1. The maximum Gasteiger partial charge on any atom is 0.384 e. The van der Waals surface area contributed by atoms with E-state index in [0.29, 0.717) is 0 Å². The molecule has 0 atom stereocenters. The third-order valence-corrected chi connectivity index (χ3v) is 5.28. The molecule has 124 valence electrons. The van der Waals surface area contributed by atoms with Crippen LogP contribution in [-0.4, -0.2) is 44.9 Å². The van der Waals surface area contributed by atoms with E-state index in [2.05, 4.69) is 16.0 Å². The van der Waals surface area contributed by atoms with E-state index in [1.165, 1.54) is 26.9 Å². The molecular weight excluding hydrogens is 314 g/mol. The van der Waals surface area contributed by atoms with Crippen LogP contribution in [0.3, 0.4) is 0 Å². The molecule has 6 nitrogen and oxygen atoms in total. The lowest BCUT2D eigenvalue weighted by Crippen LogP contribution is -2.27. The molecule has 1 aromatic heterocycles. The Morgan fingerprint density at radius 2 is 1.87 bits per heavy atom. The third-order valence-electron chi connectivity index (χ3n) is 3.98. The molecule has 0 amide bonds. The van der Waals surface area contributed by atoms with Gasteiger partial charge in [0.15, 0.2) is 0 Å². The van der Waals surface area contributed by atoms with Gasteiger partial charge in [0.05, 0.1) is 5.52 Å². The average molecular weight is 335 g/mol. The first kappa shape index (κ1) is 16.0. The summed E-state index contributed by atoms with van der Waals surface area (Å²) in [4.78, 5) is 6.88. The van der Waals surface area contributed by atoms with Crippen molar-refractivity contribution in [3.63, 3.8) is 0 Å². The molecule has 0 aliphatic carbocycles. The third kappa shape index (κ3) is 3.25. The minimum absolute atomic E-state index is 0.275. The first-order valence-electron chi connectivity index (χ1n) is 7.65. The Kier molecular flexibility index (Phi) is 4.16. The predicted octanol–water partition coefficient (Wildman–Crippen LogP) is 2.33. The molecule has 2 aromatic rings. The minimum Gasteiger partial charge on any atom is -0.371 e. The van der Waals surface area contributed by atoms with Crippen LogP contribution >= 0.6 is 0 Å². The first-order valence-corrected chi connectivity index (χ1v) is 9.01. The van der Waals surface area contributed by atoms with E-state index < -0.39 is 10.3 Å². The summed E-state index contributed by atoms with van der Waals surface area (Å²) < 4.78 is 29.9. The van der Waals surface area contributed by atoms with Gasteiger partial charge in [0.25, 0.3) is 0 Å². The smallest absolute Gasteiger partial charge is 0.371 e. The van der Waals surface area contributed by atoms with Gasteiger partial charge in [-0.25, -0.2) is 0 Å². The van der Waals surface area contributed by atoms with E-state index >= 15 is 0 Å². The standard InChI is InChI=1S/C16H21N3O3S/c1-12-10-16(19-8-4-5-9-19)14-7-6-13(11-15(14)17-12)22-23(20,21)18(2)3/h6-7,10-11H,4-5,8-9H2,1-3H3. The fraction of sp³-hybridized carbons (Fsp3) is 0.438. The van der Waals surface area contributed by atoms with Crippen LogP contribution in [-0.2, 0) is 10.3 Å². The molecule has 0 radical (unpaired) electrons. The lowest BCUT2D eigenvalue weighted by molar-refractivity contribution is 0.421. The van der Waals surface area contributed by atoms with Crippen LogP contribution in [0.5, 0.6) is 5.75 Å². The highest BCUT2D eigenvalue weighted by atomic mass is 32.2. The second-order valence-corrected chi connectivity index (χ2v) is 7.73. The van der Waals surface area contributed by atoms with E-state index in [4.69, 9.17) is 4.18 Å². The fourth-order valence-electron chi connectivity index (χ4n) is 2.79.